The van der Waals surface area contributed by atoms with Crippen LogP contribution in [0.3, 0.4) is 0 Å². The second kappa shape index (κ2) is 6.89. The highest BCUT2D eigenvalue weighted by atomic mass is 35.5. The van der Waals surface area contributed by atoms with Gasteiger partial charge in [-0.05, 0) is 18.2 Å². The lowest BCUT2D eigenvalue weighted by molar-refractivity contribution is -0.115. The van der Waals surface area contributed by atoms with Gasteiger partial charge in [-0.15, -0.1) is 0 Å². The largest absolute Gasteiger partial charge is 0.495 e. The van der Waals surface area contributed by atoms with Crippen molar-refractivity contribution in [2.45, 2.75) is 0 Å². The normalized spacial score (nSPS) is 11.4. The van der Waals surface area contributed by atoms with Crippen molar-refractivity contribution < 1.29 is 17.9 Å². The maximum absolute atomic E-state index is 11.7. The second-order valence-corrected chi connectivity index (χ2v) is 6.41. The fourth-order valence-electron chi connectivity index (χ4n) is 1.26. The number of amides is 1. The number of hydrogen-bond donors (Lipinski definition) is 2. The van der Waals surface area contributed by atoms with Crippen LogP contribution >= 0.6 is 11.6 Å². The smallest absolute Gasteiger partial charge is 0.279 e. The van der Waals surface area contributed by atoms with E-state index in [4.69, 9.17) is 16.3 Å². The maximum atomic E-state index is 11.7. The van der Waals surface area contributed by atoms with Crippen molar-refractivity contribution in [3.8, 4) is 5.75 Å². The molecule has 1 rings (SSSR count). The first-order chi connectivity index (χ1) is 9.26. The second-order valence-electron chi connectivity index (χ2n) is 4.00. The minimum absolute atomic E-state index is 0.369. The summed E-state index contributed by atoms with van der Waals surface area (Å²) in [7, 11) is 0.531. The van der Waals surface area contributed by atoms with E-state index in [0.717, 1.165) is 4.31 Å². The first-order valence-electron chi connectivity index (χ1n) is 5.57. The number of hydrogen-bond acceptors (Lipinski definition) is 4. The number of rotatable bonds is 6. The Morgan fingerprint density at radius 2 is 2.05 bits per heavy atom. The van der Waals surface area contributed by atoms with E-state index in [1.807, 2.05) is 0 Å². The van der Waals surface area contributed by atoms with Crippen molar-refractivity contribution in [3.05, 3.63) is 23.2 Å². The molecule has 1 aromatic carbocycles. The van der Waals surface area contributed by atoms with E-state index in [9.17, 15) is 13.2 Å². The van der Waals surface area contributed by atoms with E-state index in [0.29, 0.717) is 16.5 Å². The van der Waals surface area contributed by atoms with Crippen LogP contribution < -0.4 is 14.8 Å². The zero-order valence-electron chi connectivity index (χ0n) is 11.3. The highest BCUT2D eigenvalue weighted by Crippen LogP contribution is 2.27. The Balaban J connectivity index is 2.70. The summed E-state index contributed by atoms with van der Waals surface area (Å²) < 4.78 is 31.1. The van der Waals surface area contributed by atoms with Crippen molar-refractivity contribution >= 4 is 33.4 Å². The molecular weight excluding hydrogens is 306 g/mol. The van der Waals surface area contributed by atoms with E-state index in [1.54, 1.807) is 12.1 Å². The van der Waals surface area contributed by atoms with Gasteiger partial charge in [0.2, 0.25) is 5.91 Å². The van der Waals surface area contributed by atoms with Crippen molar-refractivity contribution in [2.24, 2.45) is 0 Å². The lowest BCUT2D eigenvalue weighted by Gasteiger charge is -2.13. The van der Waals surface area contributed by atoms with Gasteiger partial charge in [0.1, 0.15) is 5.75 Å². The highest BCUT2D eigenvalue weighted by Gasteiger charge is 2.15. The van der Waals surface area contributed by atoms with Crippen molar-refractivity contribution in [1.82, 2.24) is 9.03 Å². The molecule has 2 N–H and O–H groups in total. The Hall–Kier alpha value is -1.35. The van der Waals surface area contributed by atoms with Gasteiger partial charge in [0.05, 0.1) is 19.3 Å². The van der Waals surface area contributed by atoms with Gasteiger partial charge in [-0.1, -0.05) is 11.6 Å². The molecule has 0 saturated heterocycles. The lowest BCUT2D eigenvalue weighted by atomic mass is 10.3. The summed E-state index contributed by atoms with van der Waals surface area (Å²) in [5.74, 6) is -0.103. The van der Waals surface area contributed by atoms with Gasteiger partial charge in [0.15, 0.2) is 0 Å². The third kappa shape index (κ3) is 4.64. The molecule has 1 aromatic rings. The average Bonchev–Trinajstić information content (AvgIpc) is 2.36. The summed E-state index contributed by atoms with van der Waals surface area (Å²) in [5, 5.41) is 2.95. The van der Waals surface area contributed by atoms with Crippen LogP contribution in [-0.4, -0.2) is 46.4 Å². The summed E-state index contributed by atoms with van der Waals surface area (Å²) in [4.78, 5) is 11.7. The average molecular weight is 322 g/mol. The first-order valence-corrected chi connectivity index (χ1v) is 7.38. The summed E-state index contributed by atoms with van der Waals surface area (Å²) >= 11 is 5.82. The molecule has 112 valence electrons. The molecule has 0 fully saturated rings. The molecule has 0 aromatic heterocycles. The summed E-state index contributed by atoms with van der Waals surface area (Å²) in [6, 6.07) is 4.73. The van der Waals surface area contributed by atoms with Crippen LogP contribution in [0.1, 0.15) is 0 Å². The number of carbonyl (C=O) groups is 1. The molecule has 0 bridgehead atoms. The number of methoxy groups -OCH3 is 1. The number of nitrogens with one attached hydrogen (secondary N) is 2. The summed E-state index contributed by atoms with van der Waals surface area (Å²) in [6.07, 6.45) is 0. The van der Waals surface area contributed by atoms with Crippen LogP contribution in [0.2, 0.25) is 5.02 Å². The van der Waals surface area contributed by atoms with Gasteiger partial charge in [0, 0.05) is 19.1 Å². The van der Waals surface area contributed by atoms with Crippen LogP contribution in [0.25, 0.3) is 0 Å². The molecule has 0 atom stereocenters. The summed E-state index contributed by atoms with van der Waals surface area (Å²) in [5.41, 5.74) is 0.369. The third-order valence-electron chi connectivity index (χ3n) is 2.33. The van der Waals surface area contributed by atoms with Gasteiger partial charge in [-0.2, -0.15) is 17.4 Å². The molecule has 0 aliphatic heterocycles. The standard InChI is InChI=1S/C11H16ClN3O4S/c1-15(2)20(17,18)13-7-11(16)14-9-6-8(12)4-5-10(9)19-3/h4-6,13H,7H2,1-3H3,(H,14,16). The predicted molar refractivity (Wildman–Crippen MR) is 77.2 cm³/mol. The van der Waals surface area contributed by atoms with Gasteiger partial charge < -0.3 is 10.1 Å². The Labute approximate surface area is 123 Å². The molecule has 0 spiro atoms. The van der Waals surface area contributed by atoms with Gasteiger partial charge in [-0.3, -0.25) is 4.79 Å². The predicted octanol–water partition coefficient (Wildman–Crippen LogP) is 0.683. The number of halogens is 1. The molecular formula is C11H16ClN3O4S. The first kappa shape index (κ1) is 16.7. The molecule has 0 aliphatic rings. The monoisotopic (exact) mass is 321 g/mol. The Kier molecular flexibility index (Phi) is 5.75. The molecule has 0 heterocycles. The molecule has 20 heavy (non-hydrogen) atoms. The van der Waals surface area contributed by atoms with E-state index < -0.39 is 22.7 Å². The van der Waals surface area contributed by atoms with Crippen LogP contribution in [0, 0.1) is 0 Å². The van der Waals surface area contributed by atoms with E-state index in [1.165, 1.54) is 27.3 Å². The molecule has 0 radical (unpaired) electrons. The van der Waals surface area contributed by atoms with Crippen LogP contribution in [0.15, 0.2) is 18.2 Å². The van der Waals surface area contributed by atoms with Crippen molar-refractivity contribution in [1.29, 1.82) is 0 Å². The molecule has 0 unspecified atom stereocenters. The molecule has 7 nitrogen and oxygen atoms in total. The van der Waals surface area contributed by atoms with Gasteiger partial charge in [-0.25, -0.2) is 0 Å². The zero-order valence-corrected chi connectivity index (χ0v) is 12.9. The fourth-order valence-corrected chi connectivity index (χ4v) is 2.00. The van der Waals surface area contributed by atoms with E-state index in [2.05, 4.69) is 10.0 Å². The van der Waals surface area contributed by atoms with Crippen LogP contribution in [0.4, 0.5) is 5.69 Å². The number of carbonyl (C=O) groups excluding carboxylic acids is 1. The lowest BCUT2D eigenvalue weighted by Crippen LogP contribution is -2.40. The molecule has 9 heteroatoms. The van der Waals surface area contributed by atoms with E-state index >= 15 is 0 Å². The van der Waals surface area contributed by atoms with Gasteiger partial charge in [0.25, 0.3) is 10.2 Å². The minimum Gasteiger partial charge on any atom is -0.495 e. The number of benzene rings is 1. The number of anilines is 1. The minimum atomic E-state index is -3.64. The molecule has 0 aliphatic carbocycles. The summed E-state index contributed by atoms with van der Waals surface area (Å²) in [6.45, 7) is -0.393. The SMILES string of the molecule is COc1ccc(Cl)cc1NC(=O)CNS(=O)(=O)N(C)C. The van der Waals surface area contributed by atoms with E-state index in [-0.39, 0.29) is 0 Å². The maximum Gasteiger partial charge on any atom is 0.279 e. The Morgan fingerprint density at radius 3 is 2.60 bits per heavy atom. The topological polar surface area (TPSA) is 87.7 Å². The van der Waals surface area contributed by atoms with Crippen LogP contribution in [-0.2, 0) is 15.0 Å². The molecule has 0 saturated carbocycles. The zero-order chi connectivity index (χ0) is 15.3. The van der Waals surface area contributed by atoms with Crippen LogP contribution in [0.5, 0.6) is 5.75 Å². The molecule has 1 amide bonds. The number of ether oxygens (including phenoxy) is 1. The fraction of sp³-hybridized carbons (Fsp3) is 0.364. The van der Waals surface area contributed by atoms with Crippen molar-refractivity contribution in [3.63, 3.8) is 0 Å². The third-order valence-corrected chi connectivity index (χ3v) is 4.04. The van der Waals surface area contributed by atoms with Gasteiger partial charge >= 0.3 is 0 Å². The Bertz CT molecular complexity index is 589. The van der Waals surface area contributed by atoms with Crippen molar-refractivity contribution in [2.75, 3.05) is 33.1 Å². The quantitative estimate of drug-likeness (QED) is 0.806. The number of nitrogens with zero attached hydrogens (tertiary/aromatic N) is 1. The highest BCUT2D eigenvalue weighted by molar-refractivity contribution is 7.87. The Morgan fingerprint density at radius 1 is 1.40 bits per heavy atom.